The van der Waals surface area contributed by atoms with Crippen molar-refractivity contribution >= 4 is 11.3 Å². The summed E-state index contributed by atoms with van der Waals surface area (Å²) < 4.78 is 5.41. The van der Waals surface area contributed by atoms with Crippen molar-refractivity contribution in [2.75, 3.05) is 13.2 Å². The van der Waals surface area contributed by atoms with Crippen LogP contribution >= 0.6 is 11.3 Å². The van der Waals surface area contributed by atoms with Gasteiger partial charge in [0.05, 0.1) is 17.3 Å². The summed E-state index contributed by atoms with van der Waals surface area (Å²) >= 11 is 1.84. The Balaban J connectivity index is 2.09. The van der Waals surface area contributed by atoms with Gasteiger partial charge < -0.3 is 10.1 Å². The first-order valence-electron chi connectivity index (χ1n) is 6.69. The Morgan fingerprint density at radius 3 is 2.67 bits per heavy atom. The van der Waals surface area contributed by atoms with Crippen molar-refractivity contribution in [2.45, 2.75) is 58.5 Å². The standard InChI is InChI=1S/C14H24N2OS/c1-9(15-11-6-7-17-8-11)12-10(2)16-13(18-12)14(3,4)5/h9,11,15H,6-8H2,1-5H3. The van der Waals surface area contributed by atoms with E-state index < -0.39 is 0 Å². The molecule has 1 aliphatic rings. The zero-order valence-electron chi connectivity index (χ0n) is 12.0. The van der Waals surface area contributed by atoms with Crippen LogP contribution in [0.4, 0.5) is 0 Å². The minimum Gasteiger partial charge on any atom is -0.380 e. The molecule has 0 radical (unpaired) electrons. The van der Waals surface area contributed by atoms with Crippen molar-refractivity contribution < 1.29 is 4.74 Å². The Morgan fingerprint density at radius 1 is 1.44 bits per heavy atom. The quantitative estimate of drug-likeness (QED) is 0.914. The van der Waals surface area contributed by atoms with Gasteiger partial charge in [-0.2, -0.15) is 0 Å². The highest BCUT2D eigenvalue weighted by Gasteiger charge is 2.24. The second-order valence-electron chi connectivity index (χ2n) is 6.17. The van der Waals surface area contributed by atoms with E-state index in [0.29, 0.717) is 12.1 Å². The lowest BCUT2D eigenvalue weighted by Crippen LogP contribution is -2.31. The number of ether oxygens (including phenoxy) is 1. The van der Waals surface area contributed by atoms with E-state index in [-0.39, 0.29) is 5.41 Å². The fraction of sp³-hybridized carbons (Fsp3) is 0.786. The molecule has 0 aliphatic carbocycles. The molecule has 1 aliphatic heterocycles. The van der Waals surface area contributed by atoms with E-state index >= 15 is 0 Å². The summed E-state index contributed by atoms with van der Waals surface area (Å²) in [6.45, 7) is 12.7. The lowest BCUT2D eigenvalue weighted by Gasteiger charge is -2.17. The number of nitrogens with zero attached hydrogens (tertiary/aromatic N) is 1. The molecule has 1 saturated heterocycles. The van der Waals surface area contributed by atoms with Crippen molar-refractivity contribution in [3.63, 3.8) is 0 Å². The Morgan fingerprint density at radius 2 is 2.17 bits per heavy atom. The van der Waals surface area contributed by atoms with Crippen LogP contribution in [0.1, 0.15) is 55.7 Å². The Kier molecular flexibility index (Phi) is 4.09. The molecule has 1 aromatic heterocycles. The van der Waals surface area contributed by atoms with Crippen LogP contribution in [0, 0.1) is 6.92 Å². The predicted octanol–water partition coefficient (Wildman–Crippen LogP) is 3.19. The van der Waals surface area contributed by atoms with Gasteiger partial charge in [-0.1, -0.05) is 20.8 Å². The molecule has 102 valence electrons. The summed E-state index contributed by atoms with van der Waals surface area (Å²) in [4.78, 5) is 6.09. The average Bonchev–Trinajstić information content (AvgIpc) is 2.85. The number of hydrogen-bond acceptors (Lipinski definition) is 4. The SMILES string of the molecule is Cc1nc(C(C)(C)C)sc1C(C)NC1CCOC1. The molecule has 2 rings (SSSR count). The van der Waals surface area contributed by atoms with Crippen molar-refractivity contribution in [1.82, 2.24) is 10.3 Å². The fourth-order valence-corrected chi connectivity index (χ4v) is 3.36. The summed E-state index contributed by atoms with van der Waals surface area (Å²) in [6.07, 6.45) is 1.12. The van der Waals surface area contributed by atoms with Gasteiger partial charge in [0.15, 0.2) is 0 Å². The van der Waals surface area contributed by atoms with Gasteiger partial charge >= 0.3 is 0 Å². The van der Waals surface area contributed by atoms with E-state index in [0.717, 1.165) is 19.6 Å². The molecular formula is C14H24N2OS. The van der Waals surface area contributed by atoms with Gasteiger partial charge in [-0.15, -0.1) is 11.3 Å². The first kappa shape index (κ1) is 14.0. The van der Waals surface area contributed by atoms with Crippen LogP contribution in [0.15, 0.2) is 0 Å². The second-order valence-corrected chi connectivity index (χ2v) is 7.20. The summed E-state index contributed by atoms with van der Waals surface area (Å²) in [5.41, 5.74) is 1.31. The molecule has 1 fully saturated rings. The van der Waals surface area contributed by atoms with Gasteiger partial charge in [-0.3, -0.25) is 0 Å². The zero-order valence-corrected chi connectivity index (χ0v) is 12.9. The third-order valence-corrected chi connectivity index (χ3v) is 5.05. The van der Waals surface area contributed by atoms with E-state index in [4.69, 9.17) is 9.72 Å². The van der Waals surface area contributed by atoms with E-state index in [2.05, 4.69) is 39.9 Å². The maximum absolute atomic E-state index is 5.41. The van der Waals surface area contributed by atoms with E-state index in [1.54, 1.807) is 0 Å². The second kappa shape index (κ2) is 5.27. The van der Waals surface area contributed by atoms with Gasteiger partial charge in [0.1, 0.15) is 0 Å². The zero-order chi connectivity index (χ0) is 13.3. The monoisotopic (exact) mass is 268 g/mol. The number of hydrogen-bond donors (Lipinski definition) is 1. The largest absolute Gasteiger partial charge is 0.380 e. The van der Waals surface area contributed by atoms with Gasteiger partial charge in [0.2, 0.25) is 0 Å². The predicted molar refractivity (Wildman–Crippen MR) is 76.3 cm³/mol. The summed E-state index contributed by atoms with van der Waals surface area (Å²) in [5, 5.41) is 4.87. The molecule has 1 N–H and O–H groups in total. The van der Waals surface area contributed by atoms with Crippen LogP contribution < -0.4 is 5.32 Å². The Bertz CT molecular complexity index is 402. The molecule has 2 heterocycles. The van der Waals surface area contributed by atoms with Crippen molar-refractivity contribution in [3.05, 3.63) is 15.6 Å². The fourth-order valence-electron chi connectivity index (χ4n) is 2.23. The number of aromatic nitrogens is 1. The number of aryl methyl sites for hydroxylation is 1. The lowest BCUT2D eigenvalue weighted by molar-refractivity contribution is 0.188. The first-order chi connectivity index (χ1) is 8.38. The summed E-state index contributed by atoms with van der Waals surface area (Å²) in [6, 6.07) is 0.866. The van der Waals surface area contributed by atoms with Gasteiger partial charge in [0, 0.05) is 29.0 Å². The van der Waals surface area contributed by atoms with Crippen LogP contribution in [0.2, 0.25) is 0 Å². The van der Waals surface area contributed by atoms with Crippen molar-refractivity contribution in [1.29, 1.82) is 0 Å². The van der Waals surface area contributed by atoms with E-state index in [1.807, 2.05) is 11.3 Å². The number of thiazole rings is 1. The third kappa shape index (κ3) is 3.11. The van der Waals surface area contributed by atoms with Crippen LogP contribution in [-0.2, 0) is 10.2 Å². The maximum atomic E-state index is 5.41. The maximum Gasteiger partial charge on any atom is 0.0985 e. The normalized spacial score (nSPS) is 22.4. The molecule has 0 spiro atoms. The van der Waals surface area contributed by atoms with E-state index in [1.165, 1.54) is 15.6 Å². The summed E-state index contributed by atoms with van der Waals surface area (Å²) in [5.74, 6) is 0. The van der Waals surface area contributed by atoms with Crippen LogP contribution in [0.25, 0.3) is 0 Å². The molecular weight excluding hydrogens is 244 g/mol. The van der Waals surface area contributed by atoms with Gasteiger partial charge in [0.25, 0.3) is 0 Å². The minimum absolute atomic E-state index is 0.143. The van der Waals surface area contributed by atoms with Crippen molar-refractivity contribution in [3.8, 4) is 0 Å². The lowest BCUT2D eigenvalue weighted by atomic mass is 9.98. The Labute approximate surface area is 114 Å². The highest BCUT2D eigenvalue weighted by Crippen LogP contribution is 2.32. The molecule has 2 unspecified atom stereocenters. The third-order valence-electron chi connectivity index (χ3n) is 3.28. The highest BCUT2D eigenvalue weighted by atomic mass is 32.1. The molecule has 3 nitrogen and oxygen atoms in total. The van der Waals surface area contributed by atoms with Crippen molar-refractivity contribution in [2.24, 2.45) is 0 Å². The molecule has 1 aromatic rings. The summed E-state index contributed by atoms with van der Waals surface area (Å²) in [7, 11) is 0. The highest BCUT2D eigenvalue weighted by molar-refractivity contribution is 7.12. The molecule has 4 heteroatoms. The molecule has 18 heavy (non-hydrogen) atoms. The average molecular weight is 268 g/mol. The van der Waals surface area contributed by atoms with Crippen LogP contribution in [-0.4, -0.2) is 24.2 Å². The molecule has 0 saturated carbocycles. The van der Waals surface area contributed by atoms with E-state index in [9.17, 15) is 0 Å². The first-order valence-corrected chi connectivity index (χ1v) is 7.51. The number of rotatable bonds is 3. The minimum atomic E-state index is 0.143. The van der Waals surface area contributed by atoms with Gasteiger partial charge in [-0.05, 0) is 20.3 Å². The molecule has 2 atom stereocenters. The molecule has 0 amide bonds. The van der Waals surface area contributed by atoms with Crippen LogP contribution in [0.3, 0.4) is 0 Å². The molecule has 0 aromatic carbocycles. The smallest absolute Gasteiger partial charge is 0.0985 e. The number of nitrogens with one attached hydrogen (secondary N) is 1. The molecule has 0 bridgehead atoms. The topological polar surface area (TPSA) is 34.2 Å². The van der Waals surface area contributed by atoms with Gasteiger partial charge in [-0.25, -0.2) is 4.98 Å². The Hall–Kier alpha value is -0.450. The van der Waals surface area contributed by atoms with Crippen LogP contribution in [0.5, 0.6) is 0 Å².